The number of hydrogen-bond donors (Lipinski definition) is 0. The first-order chi connectivity index (χ1) is 12.1. The Morgan fingerprint density at radius 2 is 1.24 bits per heavy atom. The summed E-state index contributed by atoms with van der Waals surface area (Å²) < 4.78 is 25.3. The van der Waals surface area contributed by atoms with Crippen LogP contribution in [0.5, 0.6) is 0 Å². The first kappa shape index (κ1) is 17.5. The lowest BCUT2D eigenvalue weighted by atomic mass is 10.1. The Morgan fingerprint density at radius 1 is 0.760 bits per heavy atom. The Labute approximate surface area is 153 Å². The summed E-state index contributed by atoms with van der Waals surface area (Å²) >= 11 is 6.38. The van der Waals surface area contributed by atoms with Crippen LogP contribution in [0.4, 0.5) is 0 Å². The van der Waals surface area contributed by atoms with Gasteiger partial charge < -0.3 is 0 Å². The first-order valence-corrected chi connectivity index (χ1v) is 9.82. The molecular formula is C21H17ClO2S. The van der Waals surface area contributed by atoms with Crippen LogP contribution in [0.25, 0.3) is 11.0 Å². The molecule has 0 N–H and O–H groups in total. The molecule has 25 heavy (non-hydrogen) atoms. The number of alkyl halides is 1. The molecule has 3 aromatic carbocycles. The molecule has 0 fully saturated rings. The van der Waals surface area contributed by atoms with Crippen LogP contribution in [-0.4, -0.2) is 8.42 Å². The minimum absolute atomic E-state index is 0.211. The Hall–Kier alpha value is -2.36. The van der Waals surface area contributed by atoms with Crippen molar-refractivity contribution in [3.05, 3.63) is 108 Å². The van der Waals surface area contributed by atoms with E-state index < -0.39 is 14.5 Å². The van der Waals surface area contributed by atoms with Gasteiger partial charge in [0.05, 0.1) is 4.91 Å². The minimum Gasteiger partial charge on any atom is -0.222 e. The lowest BCUT2D eigenvalue weighted by Gasteiger charge is -2.15. The monoisotopic (exact) mass is 368 g/mol. The molecule has 0 saturated carbocycles. The van der Waals surface area contributed by atoms with Crippen molar-refractivity contribution in [2.24, 2.45) is 0 Å². The molecule has 0 radical (unpaired) electrons. The van der Waals surface area contributed by atoms with Gasteiger partial charge in [0.2, 0.25) is 0 Å². The molecule has 3 aromatic rings. The highest BCUT2D eigenvalue weighted by Gasteiger charge is 2.30. The lowest BCUT2D eigenvalue weighted by molar-refractivity contribution is 0.604. The van der Waals surface area contributed by atoms with E-state index in [9.17, 15) is 8.42 Å². The number of rotatable bonds is 5. The fourth-order valence-electron chi connectivity index (χ4n) is 2.53. The van der Waals surface area contributed by atoms with E-state index in [4.69, 9.17) is 11.6 Å². The van der Waals surface area contributed by atoms with Crippen molar-refractivity contribution in [3.8, 4) is 0 Å². The normalized spacial score (nSPS) is 13.4. The summed E-state index contributed by atoms with van der Waals surface area (Å²) in [5.74, 6) is 0. The average Bonchev–Trinajstić information content (AvgIpc) is 2.67. The lowest BCUT2D eigenvalue weighted by Crippen LogP contribution is -2.10. The molecule has 0 aliphatic rings. The van der Waals surface area contributed by atoms with Crippen LogP contribution in [0.2, 0.25) is 0 Å². The SMILES string of the molecule is O=S(=O)(/C(=C/c1ccccc1)c1ccccc1)C(Cl)c1ccccc1. The summed E-state index contributed by atoms with van der Waals surface area (Å²) in [4.78, 5) is 0.211. The van der Waals surface area contributed by atoms with Crippen LogP contribution in [0.15, 0.2) is 91.0 Å². The van der Waals surface area contributed by atoms with E-state index in [1.165, 1.54) is 0 Å². The largest absolute Gasteiger partial charge is 0.222 e. The van der Waals surface area contributed by atoms with Crippen LogP contribution in [-0.2, 0) is 9.84 Å². The van der Waals surface area contributed by atoms with Crippen molar-refractivity contribution in [2.75, 3.05) is 0 Å². The number of benzene rings is 3. The first-order valence-electron chi connectivity index (χ1n) is 7.84. The summed E-state index contributed by atoms with van der Waals surface area (Å²) in [6.45, 7) is 0. The van der Waals surface area contributed by atoms with Crippen LogP contribution in [0.3, 0.4) is 0 Å². The maximum absolute atomic E-state index is 13.2. The molecule has 0 amide bonds. The van der Waals surface area contributed by atoms with E-state index in [0.717, 1.165) is 5.56 Å². The standard InChI is InChI=1S/C21H17ClO2S/c22-21(19-14-8-3-9-15-19)25(23,24)20(18-12-6-2-7-13-18)16-17-10-4-1-5-11-17/h1-16,21H/b20-16+. The van der Waals surface area contributed by atoms with Gasteiger partial charge in [0.25, 0.3) is 0 Å². The highest BCUT2D eigenvalue weighted by atomic mass is 35.5. The van der Waals surface area contributed by atoms with E-state index in [0.29, 0.717) is 11.1 Å². The summed E-state index contributed by atoms with van der Waals surface area (Å²) in [5.41, 5.74) is 1.98. The third-order valence-corrected chi connectivity index (χ3v) is 6.54. The molecule has 2 nitrogen and oxygen atoms in total. The van der Waals surface area contributed by atoms with Crippen LogP contribution < -0.4 is 0 Å². The van der Waals surface area contributed by atoms with Gasteiger partial charge >= 0.3 is 0 Å². The van der Waals surface area contributed by atoms with E-state index >= 15 is 0 Å². The molecule has 126 valence electrons. The zero-order chi connectivity index (χ0) is 17.7. The summed E-state index contributed by atoms with van der Waals surface area (Å²) in [7, 11) is -3.78. The topological polar surface area (TPSA) is 34.1 Å². The van der Waals surface area contributed by atoms with E-state index in [1.807, 2.05) is 54.6 Å². The van der Waals surface area contributed by atoms with Crippen molar-refractivity contribution >= 4 is 32.4 Å². The quantitative estimate of drug-likeness (QED) is 0.438. The summed E-state index contributed by atoms with van der Waals surface area (Å²) in [5, 5.41) is 0. The summed E-state index contributed by atoms with van der Waals surface area (Å²) in [6, 6.07) is 27.2. The second kappa shape index (κ2) is 7.68. The fraction of sp³-hybridized carbons (Fsp3) is 0.0476. The van der Waals surface area contributed by atoms with Crippen molar-refractivity contribution < 1.29 is 8.42 Å². The number of hydrogen-bond acceptors (Lipinski definition) is 2. The molecule has 0 heterocycles. The van der Waals surface area contributed by atoms with Gasteiger partial charge in [-0.3, -0.25) is 0 Å². The molecule has 0 aliphatic heterocycles. The van der Waals surface area contributed by atoms with Gasteiger partial charge in [-0.1, -0.05) is 103 Å². The predicted octanol–water partition coefficient (Wildman–Crippen LogP) is 5.54. The molecule has 0 saturated heterocycles. The van der Waals surface area contributed by atoms with Gasteiger partial charge in [-0.25, -0.2) is 8.42 Å². The van der Waals surface area contributed by atoms with Gasteiger partial charge in [0, 0.05) is 0 Å². The molecular weight excluding hydrogens is 352 g/mol. The number of halogens is 1. The molecule has 1 unspecified atom stereocenters. The molecule has 0 spiro atoms. The maximum Gasteiger partial charge on any atom is 0.199 e. The molecule has 0 aliphatic carbocycles. The third kappa shape index (κ3) is 4.01. The van der Waals surface area contributed by atoms with Gasteiger partial charge in [0.1, 0.15) is 0 Å². The Bertz CT molecular complexity index is 951. The van der Waals surface area contributed by atoms with Gasteiger partial charge in [0.15, 0.2) is 14.5 Å². The zero-order valence-corrected chi connectivity index (χ0v) is 15.0. The Kier molecular flexibility index (Phi) is 5.37. The molecule has 1 atom stereocenters. The Morgan fingerprint density at radius 3 is 1.80 bits per heavy atom. The minimum atomic E-state index is -3.78. The summed E-state index contributed by atoms with van der Waals surface area (Å²) in [6.07, 6.45) is 1.67. The maximum atomic E-state index is 13.2. The van der Waals surface area contributed by atoms with Gasteiger partial charge in [-0.05, 0) is 22.8 Å². The average molecular weight is 369 g/mol. The van der Waals surface area contributed by atoms with Crippen LogP contribution in [0.1, 0.15) is 21.4 Å². The molecule has 4 heteroatoms. The van der Waals surface area contributed by atoms with Crippen molar-refractivity contribution in [2.45, 2.75) is 4.71 Å². The second-order valence-corrected chi connectivity index (χ2v) is 8.25. The highest BCUT2D eigenvalue weighted by Crippen LogP contribution is 2.37. The van der Waals surface area contributed by atoms with Crippen molar-refractivity contribution in [1.82, 2.24) is 0 Å². The second-order valence-electron chi connectivity index (χ2n) is 5.56. The molecule has 0 bridgehead atoms. The van der Waals surface area contributed by atoms with Gasteiger partial charge in [-0.2, -0.15) is 0 Å². The van der Waals surface area contributed by atoms with Crippen LogP contribution >= 0.6 is 11.6 Å². The predicted molar refractivity (Wildman–Crippen MR) is 105 cm³/mol. The molecule has 3 rings (SSSR count). The van der Waals surface area contributed by atoms with E-state index in [-0.39, 0.29) is 4.91 Å². The fourth-order valence-corrected chi connectivity index (χ4v) is 4.46. The smallest absolute Gasteiger partial charge is 0.199 e. The van der Waals surface area contributed by atoms with Gasteiger partial charge in [-0.15, -0.1) is 0 Å². The van der Waals surface area contributed by atoms with Crippen molar-refractivity contribution in [1.29, 1.82) is 0 Å². The van der Waals surface area contributed by atoms with Crippen LogP contribution in [0, 0.1) is 0 Å². The van der Waals surface area contributed by atoms with Crippen molar-refractivity contribution in [3.63, 3.8) is 0 Å². The highest BCUT2D eigenvalue weighted by molar-refractivity contribution is 8.02. The number of sulfone groups is 1. The van der Waals surface area contributed by atoms with E-state index in [2.05, 4.69) is 0 Å². The third-order valence-electron chi connectivity index (χ3n) is 3.80. The van der Waals surface area contributed by atoms with E-state index in [1.54, 1.807) is 42.5 Å². The Balaban J connectivity index is 2.13. The zero-order valence-electron chi connectivity index (χ0n) is 13.4. The molecule has 0 aromatic heterocycles.